The predicted octanol–water partition coefficient (Wildman–Crippen LogP) is 4.48. The maximum atomic E-state index is 12.0. The number of nitrogens with zero attached hydrogens (tertiary/aromatic N) is 2. The van der Waals surface area contributed by atoms with Crippen LogP contribution in [-0.4, -0.2) is 23.7 Å². The number of amides is 1. The highest BCUT2D eigenvalue weighted by Gasteiger charge is 2.07. The third kappa shape index (κ3) is 6.05. The molecule has 0 spiro atoms. The molecule has 7 heteroatoms. The molecule has 0 radical (unpaired) electrons. The minimum atomic E-state index is -0.331. The first kappa shape index (κ1) is 20.4. The quantitative estimate of drug-likeness (QED) is 0.440. The highest BCUT2D eigenvalue weighted by Crippen LogP contribution is 2.29. The van der Waals surface area contributed by atoms with Crippen molar-refractivity contribution in [3.63, 3.8) is 0 Å². The SMILES string of the molecule is CCOc1cc(/C=N/NC(=O)c2cccnc2)ccc1OCc1ccc(Cl)cc1. The van der Waals surface area contributed by atoms with E-state index in [1.165, 1.54) is 6.20 Å². The van der Waals surface area contributed by atoms with Gasteiger partial charge in [0.15, 0.2) is 11.5 Å². The first-order valence-corrected chi connectivity index (χ1v) is 9.41. The summed E-state index contributed by atoms with van der Waals surface area (Å²) in [6.07, 6.45) is 4.62. The largest absolute Gasteiger partial charge is 0.490 e. The Kier molecular flexibility index (Phi) is 7.19. The van der Waals surface area contributed by atoms with E-state index in [1.54, 1.807) is 30.6 Å². The van der Waals surface area contributed by atoms with Crippen LogP contribution in [0.1, 0.15) is 28.4 Å². The molecule has 0 aliphatic rings. The van der Waals surface area contributed by atoms with Crippen LogP contribution in [0.25, 0.3) is 0 Å². The number of hydrazone groups is 1. The van der Waals surface area contributed by atoms with Crippen LogP contribution in [0.15, 0.2) is 72.1 Å². The maximum Gasteiger partial charge on any atom is 0.272 e. The van der Waals surface area contributed by atoms with Gasteiger partial charge in [0.25, 0.3) is 5.91 Å². The van der Waals surface area contributed by atoms with Gasteiger partial charge in [-0.25, -0.2) is 5.43 Å². The Bertz CT molecular complexity index is 976. The minimum Gasteiger partial charge on any atom is -0.490 e. The zero-order chi connectivity index (χ0) is 20.5. The molecule has 0 fully saturated rings. The van der Waals surface area contributed by atoms with Crippen LogP contribution < -0.4 is 14.9 Å². The van der Waals surface area contributed by atoms with E-state index in [1.807, 2.05) is 43.3 Å². The molecule has 0 bridgehead atoms. The number of halogens is 1. The van der Waals surface area contributed by atoms with Crippen molar-refractivity contribution in [2.45, 2.75) is 13.5 Å². The van der Waals surface area contributed by atoms with Crippen LogP contribution in [0, 0.1) is 0 Å². The normalized spacial score (nSPS) is 10.7. The molecule has 1 aromatic heterocycles. The number of ether oxygens (including phenoxy) is 2. The second-order valence-corrected chi connectivity index (χ2v) is 6.43. The van der Waals surface area contributed by atoms with Crippen LogP contribution >= 0.6 is 11.6 Å². The molecule has 1 amide bonds. The molecule has 0 saturated carbocycles. The molecule has 0 saturated heterocycles. The molecular formula is C22H20ClN3O3. The van der Waals surface area contributed by atoms with Crippen LogP contribution in [0.3, 0.4) is 0 Å². The van der Waals surface area contributed by atoms with Gasteiger partial charge in [-0.05, 0) is 60.5 Å². The molecule has 1 heterocycles. The molecule has 3 aromatic rings. The van der Waals surface area contributed by atoms with Crippen LogP contribution in [0.2, 0.25) is 5.02 Å². The number of hydrogen-bond acceptors (Lipinski definition) is 5. The summed E-state index contributed by atoms with van der Waals surface area (Å²) in [5.74, 6) is 0.893. The van der Waals surface area contributed by atoms with Crippen molar-refractivity contribution < 1.29 is 14.3 Å². The zero-order valence-electron chi connectivity index (χ0n) is 15.8. The summed E-state index contributed by atoms with van der Waals surface area (Å²) in [5.41, 5.74) is 4.67. The second-order valence-electron chi connectivity index (χ2n) is 6.00. The number of nitrogens with one attached hydrogen (secondary N) is 1. The van der Waals surface area contributed by atoms with Gasteiger partial charge >= 0.3 is 0 Å². The molecule has 2 aromatic carbocycles. The maximum absolute atomic E-state index is 12.0. The molecule has 3 rings (SSSR count). The van der Waals surface area contributed by atoms with Gasteiger partial charge in [-0.1, -0.05) is 23.7 Å². The topological polar surface area (TPSA) is 72.8 Å². The average Bonchev–Trinajstić information content (AvgIpc) is 2.75. The van der Waals surface area contributed by atoms with Crippen LogP contribution in [0.4, 0.5) is 0 Å². The lowest BCUT2D eigenvalue weighted by Gasteiger charge is -2.12. The molecule has 0 atom stereocenters. The zero-order valence-corrected chi connectivity index (χ0v) is 16.6. The summed E-state index contributed by atoms with van der Waals surface area (Å²) in [4.78, 5) is 15.9. The number of pyridine rings is 1. The van der Waals surface area contributed by atoms with Gasteiger partial charge in [0.05, 0.1) is 18.4 Å². The first-order valence-electron chi connectivity index (χ1n) is 9.03. The summed E-state index contributed by atoms with van der Waals surface area (Å²) in [7, 11) is 0. The van der Waals surface area contributed by atoms with Crippen molar-refractivity contribution in [3.8, 4) is 11.5 Å². The highest BCUT2D eigenvalue weighted by atomic mass is 35.5. The fourth-order valence-corrected chi connectivity index (χ4v) is 2.59. The number of aromatic nitrogens is 1. The summed E-state index contributed by atoms with van der Waals surface area (Å²) in [5, 5.41) is 4.67. The monoisotopic (exact) mass is 409 g/mol. The van der Waals surface area contributed by atoms with E-state index in [4.69, 9.17) is 21.1 Å². The minimum absolute atomic E-state index is 0.331. The van der Waals surface area contributed by atoms with E-state index in [0.29, 0.717) is 35.3 Å². The van der Waals surface area contributed by atoms with Gasteiger partial charge in [0.1, 0.15) is 6.61 Å². The van der Waals surface area contributed by atoms with Crippen molar-refractivity contribution in [3.05, 3.63) is 88.7 Å². The number of hydrogen-bond donors (Lipinski definition) is 1. The van der Waals surface area contributed by atoms with Gasteiger partial charge < -0.3 is 9.47 Å². The Morgan fingerprint density at radius 3 is 2.69 bits per heavy atom. The van der Waals surface area contributed by atoms with E-state index in [-0.39, 0.29) is 5.91 Å². The van der Waals surface area contributed by atoms with Gasteiger partial charge in [-0.3, -0.25) is 9.78 Å². The molecule has 1 N–H and O–H groups in total. The fraction of sp³-hybridized carbons (Fsp3) is 0.136. The molecule has 0 aliphatic heterocycles. The summed E-state index contributed by atoms with van der Waals surface area (Å²) in [6.45, 7) is 2.79. The van der Waals surface area contributed by atoms with Gasteiger partial charge in [-0.15, -0.1) is 0 Å². The number of carbonyl (C=O) groups excluding carboxylic acids is 1. The van der Waals surface area contributed by atoms with Crippen molar-refractivity contribution in [1.29, 1.82) is 0 Å². The molecule has 29 heavy (non-hydrogen) atoms. The van der Waals surface area contributed by atoms with Gasteiger partial charge in [0.2, 0.25) is 0 Å². The Morgan fingerprint density at radius 1 is 1.14 bits per heavy atom. The standard InChI is InChI=1S/C22H20ClN3O3/c1-2-28-21-12-17(13-25-26-22(27)18-4-3-11-24-14-18)7-10-20(21)29-15-16-5-8-19(23)9-6-16/h3-14H,2,15H2,1H3,(H,26,27)/b25-13+. The summed E-state index contributed by atoms with van der Waals surface area (Å²) in [6, 6.07) is 16.3. The van der Waals surface area contributed by atoms with Crippen LogP contribution in [-0.2, 0) is 6.61 Å². The second kappa shape index (κ2) is 10.2. The number of rotatable bonds is 8. The van der Waals surface area contributed by atoms with E-state index >= 15 is 0 Å². The van der Waals surface area contributed by atoms with Crippen molar-refractivity contribution in [1.82, 2.24) is 10.4 Å². The molecular weight excluding hydrogens is 390 g/mol. The fourth-order valence-electron chi connectivity index (χ4n) is 2.46. The summed E-state index contributed by atoms with van der Waals surface area (Å²) < 4.78 is 11.6. The third-order valence-electron chi connectivity index (χ3n) is 3.88. The Morgan fingerprint density at radius 2 is 1.97 bits per heavy atom. The van der Waals surface area contributed by atoms with E-state index in [9.17, 15) is 4.79 Å². The Hall–Kier alpha value is -3.38. The highest BCUT2D eigenvalue weighted by molar-refractivity contribution is 6.30. The first-order chi connectivity index (χ1) is 14.2. The van der Waals surface area contributed by atoms with E-state index < -0.39 is 0 Å². The lowest BCUT2D eigenvalue weighted by molar-refractivity contribution is 0.0955. The molecule has 0 unspecified atom stereocenters. The molecule has 0 aliphatic carbocycles. The molecule has 6 nitrogen and oxygen atoms in total. The van der Waals surface area contributed by atoms with E-state index in [0.717, 1.165) is 11.1 Å². The lowest BCUT2D eigenvalue weighted by Crippen LogP contribution is -2.17. The smallest absolute Gasteiger partial charge is 0.272 e. The van der Waals surface area contributed by atoms with E-state index in [2.05, 4.69) is 15.5 Å². The van der Waals surface area contributed by atoms with Gasteiger partial charge in [0, 0.05) is 17.4 Å². The van der Waals surface area contributed by atoms with Crippen molar-refractivity contribution >= 4 is 23.7 Å². The van der Waals surface area contributed by atoms with Crippen molar-refractivity contribution in [2.75, 3.05) is 6.61 Å². The third-order valence-corrected chi connectivity index (χ3v) is 4.13. The van der Waals surface area contributed by atoms with Gasteiger partial charge in [-0.2, -0.15) is 5.10 Å². The number of carbonyl (C=O) groups is 1. The average molecular weight is 410 g/mol. The van der Waals surface area contributed by atoms with Crippen molar-refractivity contribution in [2.24, 2.45) is 5.10 Å². The predicted molar refractivity (Wildman–Crippen MR) is 113 cm³/mol. The van der Waals surface area contributed by atoms with Crippen LogP contribution in [0.5, 0.6) is 11.5 Å². The summed E-state index contributed by atoms with van der Waals surface area (Å²) >= 11 is 5.91. The Balaban J connectivity index is 1.65. The molecule has 148 valence electrons. The Labute approximate surface area is 174 Å². The number of benzene rings is 2. The lowest BCUT2D eigenvalue weighted by atomic mass is 10.2.